The quantitative estimate of drug-likeness (QED) is 0.644. The van der Waals surface area contributed by atoms with Gasteiger partial charge < -0.3 is 4.42 Å². The average molecular weight is 380 g/mol. The van der Waals surface area contributed by atoms with E-state index in [0.717, 1.165) is 4.90 Å². The molecule has 5 nitrogen and oxygen atoms in total. The van der Waals surface area contributed by atoms with Crippen molar-refractivity contribution in [2.75, 3.05) is 11.6 Å². The van der Waals surface area contributed by atoms with E-state index in [-0.39, 0.29) is 17.8 Å². The second kappa shape index (κ2) is 7.25. The van der Waals surface area contributed by atoms with Gasteiger partial charge in [0.15, 0.2) is 0 Å². The molecule has 3 aromatic rings. The van der Waals surface area contributed by atoms with Crippen LogP contribution in [-0.4, -0.2) is 22.4 Å². The lowest BCUT2D eigenvalue weighted by atomic mass is 10.2. The Balaban J connectivity index is 1.84. The lowest BCUT2D eigenvalue weighted by Crippen LogP contribution is -2.13. The zero-order valence-electron chi connectivity index (χ0n) is 12.4. The molecule has 1 N–H and O–H groups in total. The second-order valence-electron chi connectivity index (χ2n) is 4.69. The summed E-state index contributed by atoms with van der Waals surface area (Å²) in [5.74, 6) is -0.150. The van der Waals surface area contributed by atoms with E-state index in [1.807, 2.05) is 18.4 Å². The highest BCUT2D eigenvalue weighted by atomic mass is 35.5. The fourth-order valence-electron chi connectivity index (χ4n) is 2.04. The molecule has 0 fully saturated rings. The first-order chi connectivity index (χ1) is 11.6. The van der Waals surface area contributed by atoms with Gasteiger partial charge in [-0.25, -0.2) is 0 Å². The Bertz CT molecular complexity index is 899. The lowest BCUT2D eigenvalue weighted by molar-refractivity contribution is 0.102. The van der Waals surface area contributed by atoms with Crippen LogP contribution in [0.25, 0.3) is 11.5 Å². The molecule has 0 saturated carbocycles. The molecule has 0 atom stereocenters. The second-order valence-corrected chi connectivity index (χ2v) is 6.38. The topological polar surface area (TPSA) is 68.0 Å². The summed E-state index contributed by atoms with van der Waals surface area (Å²) < 4.78 is 5.47. The third kappa shape index (κ3) is 3.56. The fourth-order valence-corrected chi connectivity index (χ4v) is 3.01. The molecule has 3 rings (SSSR count). The molecule has 0 saturated heterocycles. The zero-order chi connectivity index (χ0) is 17.1. The van der Waals surface area contributed by atoms with Crippen molar-refractivity contribution in [2.24, 2.45) is 0 Å². The molecular weight excluding hydrogens is 369 g/mol. The van der Waals surface area contributed by atoms with E-state index in [0.29, 0.717) is 21.2 Å². The molecule has 0 aliphatic carbocycles. The number of aromatic nitrogens is 2. The first kappa shape index (κ1) is 16.8. The van der Waals surface area contributed by atoms with Gasteiger partial charge in [-0.15, -0.1) is 16.9 Å². The van der Waals surface area contributed by atoms with Crippen molar-refractivity contribution in [3.05, 3.63) is 58.1 Å². The van der Waals surface area contributed by atoms with E-state index in [1.165, 1.54) is 11.8 Å². The molecule has 122 valence electrons. The summed E-state index contributed by atoms with van der Waals surface area (Å²) in [5.41, 5.74) is 1.03. The molecule has 0 aliphatic heterocycles. The van der Waals surface area contributed by atoms with Crippen LogP contribution in [0.2, 0.25) is 10.0 Å². The predicted molar refractivity (Wildman–Crippen MR) is 95.9 cm³/mol. The van der Waals surface area contributed by atoms with Crippen LogP contribution in [0, 0.1) is 0 Å². The van der Waals surface area contributed by atoms with E-state index in [2.05, 4.69) is 15.5 Å². The van der Waals surface area contributed by atoms with Crippen LogP contribution in [0.3, 0.4) is 0 Å². The van der Waals surface area contributed by atoms with Gasteiger partial charge in [0.05, 0.1) is 16.1 Å². The maximum absolute atomic E-state index is 12.4. The number of carbonyl (C=O) groups excluding carboxylic acids is 1. The SMILES string of the molecule is CSc1ccccc1C(=O)Nc1nnc(-c2cc(Cl)ccc2Cl)o1. The van der Waals surface area contributed by atoms with Crippen molar-refractivity contribution in [3.8, 4) is 11.5 Å². The molecule has 0 bridgehead atoms. The molecule has 0 spiro atoms. The van der Waals surface area contributed by atoms with Crippen molar-refractivity contribution in [1.29, 1.82) is 0 Å². The predicted octanol–water partition coefficient (Wildman–Crippen LogP) is 5.02. The van der Waals surface area contributed by atoms with E-state index in [4.69, 9.17) is 27.6 Å². The summed E-state index contributed by atoms with van der Waals surface area (Å²) >= 11 is 13.5. The van der Waals surface area contributed by atoms with Crippen molar-refractivity contribution >= 4 is 46.9 Å². The first-order valence-electron chi connectivity index (χ1n) is 6.82. The molecule has 1 aromatic heterocycles. The number of rotatable bonds is 4. The third-order valence-corrected chi connectivity index (χ3v) is 4.52. The van der Waals surface area contributed by atoms with E-state index >= 15 is 0 Å². The van der Waals surface area contributed by atoms with Gasteiger partial charge in [0.1, 0.15) is 0 Å². The molecule has 0 unspecified atom stereocenters. The first-order valence-corrected chi connectivity index (χ1v) is 8.80. The summed E-state index contributed by atoms with van der Waals surface area (Å²) in [7, 11) is 0. The van der Waals surface area contributed by atoms with Crippen LogP contribution in [-0.2, 0) is 0 Å². The Hall–Kier alpha value is -2.02. The number of nitrogens with zero attached hydrogens (tertiary/aromatic N) is 2. The zero-order valence-corrected chi connectivity index (χ0v) is 14.7. The van der Waals surface area contributed by atoms with Crippen LogP contribution < -0.4 is 5.32 Å². The Morgan fingerprint density at radius 1 is 1.17 bits per heavy atom. The number of benzene rings is 2. The van der Waals surface area contributed by atoms with Crippen LogP contribution in [0.15, 0.2) is 51.8 Å². The van der Waals surface area contributed by atoms with Gasteiger partial charge in [0, 0.05) is 9.92 Å². The average Bonchev–Trinajstić information content (AvgIpc) is 3.05. The van der Waals surface area contributed by atoms with Crippen molar-refractivity contribution < 1.29 is 9.21 Å². The van der Waals surface area contributed by atoms with Crippen molar-refractivity contribution in [3.63, 3.8) is 0 Å². The van der Waals surface area contributed by atoms with E-state index in [1.54, 1.807) is 30.3 Å². The standard InChI is InChI=1S/C16H11Cl2N3O2S/c1-24-13-5-3-2-4-10(13)14(22)19-16-21-20-15(23-16)11-8-9(17)6-7-12(11)18/h2-8H,1H3,(H,19,21,22). The number of carbonyl (C=O) groups is 1. The van der Waals surface area contributed by atoms with Crippen LogP contribution in [0.5, 0.6) is 0 Å². The monoisotopic (exact) mass is 379 g/mol. The normalized spacial score (nSPS) is 10.6. The number of amides is 1. The highest BCUT2D eigenvalue weighted by Crippen LogP contribution is 2.30. The number of thioether (sulfide) groups is 1. The molecule has 1 amide bonds. The number of hydrogen-bond acceptors (Lipinski definition) is 5. The van der Waals surface area contributed by atoms with Gasteiger partial charge in [-0.1, -0.05) is 40.4 Å². The molecule has 0 aliphatic rings. The summed E-state index contributed by atoms with van der Waals surface area (Å²) in [6, 6.07) is 12.2. The highest BCUT2D eigenvalue weighted by molar-refractivity contribution is 7.98. The summed E-state index contributed by atoms with van der Waals surface area (Å²) in [6.45, 7) is 0. The molecular formula is C16H11Cl2N3O2S. The van der Waals surface area contributed by atoms with E-state index in [9.17, 15) is 4.79 Å². The molecule has 24 heavy (non-hydrogen) atoms. The lowest BCUT2D eigenvalue weighted by Gasteiger charge is -2.05. The summed E-state index contributed by atoms with van der Waals surface area (Å²) in [5, 5.41) is 11.2. The molecule has 0 radical (unpaired) electrons. The van der Waals surface area contributed by atoms with Gasteiger partial charge in [0.25, 0.3) is 11.8 Å². The van der Waals surface area contributed by atoms with Gasteiger partial charge >= 0.3 is 6.01 Å². The summed E-state index contributed by atoms with van der Waals surface area (Å²) in [4.78, 5) is 13.2. The number of halogens is 2. The fraction of sp³-hybridized carbons (Fsp3) is 0.0625. The Morgan fingerprint density at radius 2 is 1.96 bits per heavy atom. The minimum Gasteiger partial charge on any atom is -0.403 e. The van der Waals surface area contributed by atoms with Crippen LogP contribution in [0.1, 0.15) is 10.4 Å². The van der Waals surface area contributed by atoms with Crippen LogP contribution in [0.4, 0.5) is 6.01 Å². The highest BCUT2D eigenvalue weighted by Gasteiger charge is 2.16. The minimum atomic E-state index is -0.327. The third-order valence-electron chi connectivity index (χ3n) is 3.16. The molecule has 1 heterocycles. The number of nitrogens with one attached hydrogen (secondary N) is 1. The van der Waals surface area contributed by atoms with Gasteiger partial charge in [0.2, 0.25) is 0 Å². The minimum absolute atomic E-state index is 0.0121. The smallest absolute Gasteiger partial charge is 0.322 e. The molecule has 2 aromatic carbocycles. The Kier molecular flexibility index (Phi) is 5.08. The van der Waals surface area contributed by atoms with Crippen LogP contribution >= 0.6 is 35.0 Å². The maximum Gasteiger partial charge on any atom is 0.322 e. The van der Waals surface area contributed by atoms with E-state index < -0.39 is 0 Å². The van der Waals surface area contributed by atoms with Gasteiger partial charge in [-0.2, -0.15) is 0 Å². The van der Waals surface area contributed by atoms with Crippen molar-refractivity contribution in [1.82, 2.24) is 10.2 Å². The maximum atomic E-state index is 12.4. The molecule has 8 heteroatoms. The van der Waals surface area contributed by atoms with Gasteiger partial charge in [-0.3, -0.25) is 10.1 Å². The Labute approximate surface area is 152 Å². The Morgan fingerprint density at radius 3 is 2.75 bits per heavy atom. The number of anilines is 1. The van der Waals surface area contributed by atoms with Gasteiger partial charge in [-0.05, 0) is 36.6 Å². The van der Waals surface area contributed by atoms with Crippen molar-refractivity contribution in [2.45, 2.75) is 4.90 Å². The number of hydrogen-bond donors (Lipinski definition) is 1. The summed E-state index contributed by atoms with van der Waals surface area (Å²) in [6.07, 6.45) is 1.90. The largest absolute Gasteiger partial charge is 0.403 e.